The van der Waals surface area contributed by atoms with E-state index in [1.807, 2.05) is 31.2 Å². The van der Waals surface area contributed by atoms with E-state index in [1.54, 1.807) is 24.3 Å². The van der Waals surface area contributed by atoms with Gasteiger partial charge in [-0.05, 0) is 44.0 Å². The maximum absolute atomic E-state index is 12.3. The van der Waals surface area contributed by atoms with Gasteiger partial charge in [0.1, 0.15) is 0 Å². The Bertz CT molecular complexity index is 1040. The van der Waals surface area contributed by atoms with Gasteiger partial charge < -0.3 is 15.2 Å². The average molecular weight is 404 g/mol. The minimum absolute atomic E-state index is 0.120. The molecular weight excluding hydrogens is 380 g/mol. The molecule has 1 saturated carbocycles. The highest BCUT2D eigenvalue weighted by molar-refractivity contribution is 5.99. The monoisotopic (exact) mass is 404 g/mol. The summed E-state index contributed by atoms with van der Waals surface area (Å²) in [7, 11) is 0. The summed E-state index contributed by atoms with van der Waals surface area (Å²) >= 11 is 0. The maximum atomic E-state index is 12.3. The second-order valence-electron chi connectivity index (χ2n) is 7.62. The fourth-order valence-corrected chi connectivity index (χ4v) is 3.60. The minimum Gasteiger partial charge on any atom is -0.343 e. The van der Waals surface area contributed by atoms with Crippen molar-refractivity contribution >= 4 is 17.5 Å². The SMILES string of the molecule is Cc1ccc(C(=O)NCC(=O)Nc2cccc(-c3noc(C4CCCC4)n3)c2)cc1. The molecule has 0 atom stereocenters. The fraction of sp³-hybridized carbons (Fsp3) is 0.304. The van der Waals surface area contributed by atoms with Crippen molar-refractivity contribution in [2.45, 2.75) is 38.5 Å². The van der Waals surface area contributed by atoms with Crippen LogP contribution >= 0.6 is 0 Å². The Labute approximate surface area is 174 Å². The smallest absolute Gasteiger partial charge is 0.251 e. The minimum atomic E-state index is -0.313. The van der Waals surface area contributed by atoms with Crippen LogP contribution in [0.4, 0.5) is 5.69 Å². The van der Waals surface area contributed by atoms with Gasteiger partial charge in [0.05, 0.1) is 6.54 Å². The highest BCUT2D eigenvalue weighted by Crippen LogP contribution is 2.34. The van der Waals surface area contributed by atoms with E-state index < -0.39 is 0 Å². The van der Waals surface area contributed by atoms with Crippen molar-refractivity contribution in [3.63, 3.8) is 0 Å². The number of rotatable bonds is 6. The van der Waals surface area contributed by atoms with Crippen molar-refractivity contribution in [2.24, 2.45) is 0 Å². The molecule has 1 aliphatic carbocycles. The Balaban J connectivity index is 1.35. The first-order valence-electron chi connectivity index (χ1n) is 10.2. The number of aryl methyl sites for hydroxylation is 1. The molecule has 2 N–H and O–H groups in total. The van der Waals surface area contributed by atoms with Crippen LogP contribution in [0.15, 0.2) is 53.1 Å². The van der Waals surface area contributed by atoms with Crippen LogP contribution in [0, 0.1) is 6.92 Å². The first-order valence-corrected chi connectivity index (χ1v) is 10.2. The van der Waals surface area contributed by atoms with Gasteiger partial charge in [-0.15, -0.1) is 0 Å². The number of hydrogen-bond donors (Lipinski definition) is 2. The summed E-state index contributed by atoms with van der Waals surface area (Å²) < 4.78 is 5.44. The highest BCUT2D eigenvalue weighted by atomic mass is 16.5. The molecular formula is C23H24N4O3. The molecule has 1 heterocycles. The third-order valence-corrected chi connectivity index (χ3v) is 5.27. The third-order valence-electron chi connectivity index (χ3n) is 5.27. The third kappa shape index (κ3) is 4.74. The van der Waals surface area contributed by atoms with E-state index >= 15 is 0 Å². The van der Waals surface area contributed by atoms with Crippen LogP contribution in [-0.2, 0) is 4.79 Å². The van der Waals surface area contributed by atoms with Gasteiger partial charge in [0.15, 0.2) is 0 Å². The summed E-state index contributed by atoms with van der Waals surface area (Å²) in [5.41, 5.74) is 2.96. The van der Waals surface area contributed by atoms with Crippen molar-refractivity contribution < 1.29 is 14.1 Å². The predicted octanol–water partition coefficient (Wildman–Crippen LogP) is 4.07. The molecule has 7 heteroatoms. The van der Waals surface area contributed by atoms with E-state index in [2.05, 4.69) is 20.8 Å². The van der Waals surface area contributed by atoms with Crippen LogP contribution < -0.4 is 10.6 Å². The normalized spacial score (nSPS) is 13.9. The molecule has 0 radical (unpaired) electrons. The lowest BCUT2D eigenvalue weighted by molar-refractivity contribution is -0.115. The first-order chi connectivity index (χ1) is 14.6. The standard InChI is InChI=1S/C23H24N4O3/c1-15-9-11-16(12-10-15)22(29)24-14-20(28)25-19-8-4-7-18(13-19)21-26-23(30-27-21)17-5-2-3-6-17/h4,7-13,17H,2-3,5-6,14H2,1H3,(H,24,29)(H,25,28). The molecule has 1 fully saturated rings. The second kappa shape index (κ2) is 8.90. The van der Waals surface area contributed by atoms with Crippen molar-refractivity contribution in [1.29, 1.82) is 0 Å². The number of amides is 2. The van der Waals surface area contributed by atoms with Crippen molar-refractivity contribution in [3.05, 3.63) is 65.5 Å². The van der Waals surface area contributed by atoms with Gasteiger partial charge in [0, 0.05) is 22.7 Å². The van der Waals surface area contributed by atoms with Crippen LogP contribution in [0.25, 0.3) is 11.4 Å². The molecule has 3 aromatic rings. The summed E-state index contributed by atoms with van der Waals surface area (Å²) in [6.07, 6.45) is 4.58. The topological polar surface area (TPSA) is 97.1 Å². The Morgan fingerprint density at radius 3 is 2.63 bits per heavy atom. The van der Waals surface area contributed by atoms with E-state index in [-0.39, 0.29) is 18.4 Å². The van der Waals surface area contributed by atoms with Crippen molar-refractivity contribution in [3.8, 4) is 11.4 Å². The molecule has 0 spiro atoms. The molecule has 1 aromatic heterocycles. The highest BCUT2D eigenvalue weighted by Gasteiger charge is 2.23. The average Bonchev–Trinajstić information content (AvgIpc) is 3.44. The lowest BCUT2D eigenvalue weighted by Gasteiger charge is -2.08. The summed E-state index contributed by atoms with van der Waals surface area (Å²) in [5.74, 6) is 0.959. The second-order valence-corrected chi connectivity index (χ2v) is 7.62. The molecule has 0 unspecified atom stereocenters. The number of hydrogen-bond acceptors (Lipinski definition) is 5. The molecule has 30 heavy (non-hydrogen) atoms. The zero-order valence-electron chi connectivity index (χ0n) is 16.9. The molecule has 154 valence electrons. The van der Waals surface area contributed by atoms with Crippen LogP contribution in [0.1, 0.15) is 53.4 Å². The number of benzene rings is 2. The quantitative estimate of drug-likeness (QED) is 0.645. The maximum Gasteiger partial charge on any atom is 0.251 e. The molecule has 7 nitrogen and oxygen atoms in total. The van der Waals surface area contributed by atoms with E-state index in [4.69, 9.17) is 4.52 Å². The summed E-state index contributed by atoms with van der Waals surface area (Å²) in [6, 6.07) is 14.4. The number of carbonyl (C=O) groups excluding carboxylic acids is 2. The van der Waals surface area contributed by atoms with Crippen LogP contribution in [0.2, 0.25) is 0 Å². The Morgan fingerprint density at radius 1 is 1.10 bits per heavy atom. The molecule has 0 bridgehead atoms. The molecule has 1 aliphatic rings. The molecule has 0 aliphatic heterocycles. The first kappa shape index (κ1) is 19.8. The van der Waals surface area contributed by atoms with Crippen LogP contribution in [0.5, 0.6) is 0 Å². The van der Waals surface area contributed by atoms with E-state index in [1.165, 1.54) is 12.8 Å². The largest absolute Gasteiger partial charge is 0.343 e. The van der Waals surface area contributed by atoms with Gasteiger partial charge in [-0.2, -0.15) is 4.98 Å². The van der Waals surface area contributed by atoms with Crippen LogP contribution in [0.3, 0.4) is 0 Å². The zero-order valence-corrected chi connectivity index (χ0v) is 16.9. The molecule has 0 saturated heterocycles. The zero-order chi connectivity index (χ0) is 20.9. The lowest BCUT2D eigenvalue weighted by atomic mass is 10.1. The summed E-state index contributed by atoms with van der Waals surface area (Å²) in [4.78, 5) is 28.9. The van der Waals surface area contributed by atoms with Crippen molar-refractivity contribution in [1.82, 2.24) is 15.5 Å². The number of nitrogens with zero attached hydrogens (tertiary/aromatic N) is 2. The number of carbonyl (C=O) groups is 2. The summed E-state index contributed by atoms with van der Waals surface area (Å²) in [6.45, 7) is 1.83. The number of nitrogens with one attached hydrogen (secondary N) is 2. The van der Waals surface area contributed by atoms with E-state index in [9.17, 15) is 9.59 Å². The lowest BCUT2D eigenvalue weighted by Crippen LogP contribution is -2.32. The Morgan fingerprint density at radius 2 is 1.87 bits per heavy atom. The Hall–Kier alpha value is -3.48. The van der Waals surface area contributed by atoms with Gasteiger partial charge in [0.2, 0.25) is 17.6 Å². The van der Waals surface area contributed by atoms with E-state index in [0.29, 0.717) is 28.9 Å². The fourth-order valence-electron chi connectivity index (χ4n) is 3.60. The van der Waals surface area contributed by atoms with Crippen molar-refractivity contribution in [2.75, 3.05) is 11.9 Å². The van der Waals surface area contributed by atoms with Gasteiger partial charge in [-0.25, -0.2) is 0 Å². The number of aromatic nitrogens is 2. The van der Waals surface area contributed by atoms with Gasteiger partial charge >= 0.3 is 0 Å². The van der Waals surface area contributed by atoms with Gasteiger partial charge in [0.25, 0.3) is 5.91 Å². The van der Waals surface area contributed by atoms with Gasteiger partial charge in [-0.3, -0.25) is 9.59 Å². The Kier molecular flexibility index (Phi) is 5.88. The molecule has 2 amide bonds. The van der Waals surface area contributed by atoms with E-state index in [0.717, 1.165) is 24.0 Å². The molecule has 4 rings (SSSR count). The van der Waals surface area contributed by atoms with Crippen LogP contribution in [-0.4, -0.2) is 28.5 Å². The molecule has 2 aromatic carbocycles. The summed E-state index contributed by atoms with van der Waals surface area (Å²) in [5, 5.41) is 9.51. The predicted molar refractivity (Wildman–Crippen MR) is 113 cm³/mol. The number of anilines is 1. The van der Waals surface area contributed by atoms with Gasteiger partial charge in [-0.1, -0.05) is 47.8 Å².